The number of nitrogens with zero attached hydrogens (tertiary/aromatic N) is 4. The van der Waals surface area contributed by atoms with Crippen LogP contribution in [0.4, 0.5) is 5.95 Å². The van der Waals surface area contributed by atoms with Gasteiger partial charge in [0.05, 0.1) is 7.11 Å². The number of hydrogen-bond acceptors (Lipinski definition) is 5. The minimum atomic E-state index is 0.514. The van der Waals surface area contributed by atoms with Gasteiger partial charge in [-0.25, -0.2) is 9.97 Å². The van der Waals surface area contributed by atoms with Crippen molar-refractivity contribution in [3.8, 4) is 5.75 Å². The van der Waals surface area contributed by atoms with Gasteiger partial charge in [0.1, 0.15) is 5.75 Å². The first-order chi connectivity index (χ1) is 11.7. The number of aryl methyl sites for hydroxylation is 1. The number of rotatable bonds is 5. The lowest BCUT2D eigenvalue weighted by Crippen LogP contribution is -2.43. The minimum absolute atomic E-state index is 0.514. The van der Waals surface area contributed by atoms with Crippen LogP contribution < -0.4 is 9.64 Å². The molecular weight excluding hydrogens is 300 g/mol. The summed E-state index contributed by atoms with van der Waals surface area (Å²) in [6.45, 7) is 5.22. The number of methoxy groups -OCH3 is 1. The molecule has 0 aliphatic carbocycles. The van der Waals surface area contributed by atoms with Crippen LogP contribution in [0.25, 0.3) is 0 Å². The van der Waals surface area contributed by atoms with Crippen LogP contribution in [0.5, 0.6) is 5.75 Å². The van der Waals surface area contributed by atoms with Crippen molar-refractivity contribution in [2.45, 2.75) is 32.4 Å². The largest absolute Gasteiger partial charge is 0.497 e. The van der Waals surface area contributed by atoms with Crippen LogP contribution in [0.2, 0.25) is 0 Å². The average Bonchev–Trinajstić information content (AvgIpc) is 2.63. The van der Waals surface area contributed by atoms with Crippen LogP contribution in [0.1, 0.15) is 24.0 Å². The molecule has 2 heterocycles. The summed E-state index contributed by atoms with van der Waals surface area (Å²) < 4.78 is 5.22. The fraction of sp³-hybridized carbons (Fsp3) is 0.474. The van der Waals surface area contributed by atoms with E-state index in [1.54, 1.807) is 7.11 Å². The van der Waals surface area contributed by atoms with Crippen molar-refractivity contribution in [2.24, 2.45) is 0 Å². The Morgan fingerprint density at radius 1 is 1.12 bits per heavy atom. The molecule has 1 aliphatic heterocycles. The number of benzene rings is 1. The van der Waals surface area contributed by atoms with Gasteiger partial charge in [0.2, 0.25) is 5.95 Å². The summed E-state index contributed by atoms with van der Waals surface area (Å²) in [6.07, 6.45) is 6.06. The van der Waals surface area contributed by atoms with Gasteiger partial charge in [-0.05, 0) is 43.0 Å². The van der Waals surface area contributed by atoms with Gasteiger partial charge in [-0.3, -0.25) is 4.90 Å². The van der Waals surface area contributed by atoms with Crippen LogP contribution in [-0.4, -0.2) is 48.2 Å². The fourth-order valence-electron chi connectivity index (χ4n) is 3.19. The first-order valence-electron chi connectivity index (χ1n) is 8.52. The predicted octanol–water partition coefficient (Wildman–Crippen LogP) is 2.89. The third kappa shape index (κ3) is 4.03. The molecule has 1 fully saturated rings. The molecule has 0 N–H and O–H groups in total. The zero-order valence-electron chi connectivity index (χ0n) is 14.8. The number of hydrogen-bond donors (Lipinski definition) is 0. The maximum Gasteiger partial charge on any atom is 0.225 e. The van der Waals surface area contributed by atoms with E-state index in [0.717, 1.165) is 49.7 Å². The molecule has 128 valence electrons. The zero-order valence-corrected chi connectivity index (χ0v) is 14.8. The number of piperidine rings is 1. The van der Waals surface area contributed by atoms with Gasteiger partial charge in [0.25, 0.3) is 0 Å². The quantitative estimate of drug-likeness (QED) is 0.845. The molecule has 5 nitrogen and oxygen atoms in total. The number of likely N-dealkylation sites (tertiary alicyclic amines) is 1. The number of ether oxygens (including phenoxy) is 1. The summed E-state index contributed by atoms with van der Waals surface area (Å²) in [4.78, 5) is 13.6. The smallest absolute Gasteiger partial charge is 0.225 e. The lowest BCUT2D eigenvalue weighted by atomic mass is 10.0. The fourth-order valence-corrected chi connectivity index (χ4v) is 3.19. The van der Waals surface area contributed by atoms with E-state index in [9.17, 15) is 0 Å². The normalized spacial score (nSPS) is 16.1. The molecule has 24 heavy (non-hydrogen) atoms. The molecule has 1 saturated heterocycles. The second-order valence-electron chi connectivity index (χ2n) is 6.53. The van der Waals surface area contributed by atoms with Gasteiger partial charge < -0.3 is 9.64 Å². The topological polar surface area (TPSA) is 41.5 Å². The van der Waals surface area contributed by atoms with E-state index in [0.29, 0.717) is 6.04 Å². The first-order valence-corrected chi connectivity index (χ1v) is 8.52. The summed E-state index contributed by atoms with van der Waals surface area (Å²) in [5.41, 5.74) is 2.44. The van der Waals surface area contributed by atoms with Gasteiger partial charge >= 0.3 is 0 Å². The van der Waals surface area contributed by atoms with Crippen molar-refractivity contribution < 1.29 is 4.74 Å². The highest BCUT2D eigenvalue weighted by Crippen LogP contribution is 2.21. The Morgan fingerprint density at radius 3 is 2.33 bits per heavy atom. The van der Waals surface area contributed by atoms with Gasteiger partial charge in [-0.15, -0.1) is 0 Å². The number of aromatic nitrogens is 2. The van der Waals surface area contributed by atoms with Crippen molar-refractivity contribution in [1.82, 2.24) is 14.9 Å². The van der Waals surface area contributed by atoms with Crippen molar-refractivity contribution in [3.63, 3.8) is 0 Å². The van der Waals surface area contributed by atoms with Crippen molar-refractivity contribution in [3.05, 3.63) is 47.8 Å². The third-order valence-corrected chi connectivity index (χ3v) is 4.75. The average molecular weight is 326 g/mol. The van der Waals surface area contributed by atoms with E-state index >= 15 is 0 Å². The second kappa shape index (κ2) is 7.62. The van der Waals surface area contributed by atoms with E-state index in [4.69, 9.17) is 4.74 Å². The monoisotopic (exact) mass is 326 g/mol. The predicted molar refractivity (Wildman–Crippen MR) is 96.5 cm³/mol. The first kappa shape index (κ1) is 16.7. The Morgan fingerprint density at radius 2 is 1.75 bits per heavy atom. The Labute approximate surface area is 144 Å². The molecule has 5 heteroatoms. The highest BCUT2D eigenvalue weighted by Gasteiger charge is 2.23. The molecule has 0 atom stereocenters. The van der Waals surface area contributed by atoms with Gasteiger partial charge in [-0.1, -0.05) is 12.1 Å². The van der Waals surface area contributed by atoms with Crippen LogP contribution in [0.15, 0.2) is 36.7 Å². The van der Waals surface area contributed by atoms with Gasteiger partial charge in [-0.2, -0.15) is 0 Å². The van der Waals surface area contributed by atoms with E-state index in [1.165, 1.54) is 5.56 Å². The maximum absolute atomic E-state index is 5.22. The molecule has 0 amide bonds. The molecule has 2 aromatic rings. The summed E-state index contributed by atoms with van der Waals surface area (Å²) in [5.74, 6) is 1.74. The Kier molecular flexibility index (Phi) is 5.30. The molecule has 1 aromatic carbocycles. The summed E-state index contributed by atoms with van der Waals surface area (Å²) in [6, 6.07) is 8.88. The Bertz CT molecular complexity index is 633. The maximum atomic E-state index is 5.22. The molecule has 1 aliphatic rings. The van der Waals surface area contributed by atoms with Gasteiger partial charge in [0, 0.05) is 45.1 Å². The summed E-state index contributed by atoms with van der Waals surface area (Å²) >= 11 is 0. The molecule has 0 bridgehead atoms. The van der Waals surface area contributed by atoms with Crippen molar-refractivity contribution in [2.75, 3.05) is 32.1 Å². The molecule has 0 spiro atoms. The molecular formula is C19H26N4O. The molecule has 0 radical (unpaired) electrons. The third-order valence-electron chi connectivity index (χ3n) is 4.75. The van der Waals surface area contributed by atoms with Crippen LogP contribution >= 0.6 is 0 Å². The standard InChI is InChI=1S/C19H26N4O/c1-15-12-20-19(21-13-15)22(2)17-8-10-23(11-9-17)14-16-4-6-18(24-3)7-5-16/h4-7,12-13,17H,8-11,14H2,1-3H3. The van der Waals surface area contributed by atoms with E-state index in [-0.39, 0.29) is 0 Å². The lowest BCUT2D eigenvalue weighted by molar-refractivity contribution is 0.203. The van der Waals surface area contributed by atoms with Crippen molar-refractivity contribution in [1.29, 1.82) is 0 Å². The number of anilines is 1. The Balaban J connectivity index is 1.52. The van der Waals surface area contributed by atoms with E-state index in [1.807, 2.05) is 31.5 Å². The second-order valence-corrected chi connectivity index (χ2v) is 6.53. The van der Waals surface area contributed by atoms with Crippen LogP contribution in [0.3, 0.4) is 0 Å². The molecule has 1 aromatic heterocycles. The zero-order chi connectivity index (χ0) is 16.9. The highest BCUT2D eigenvalue weighted by molar-refractivity contribution is 5.30. The minimum Gasteiger partial charge on any atom is -0.497 e. The molecule has 0 unspecified atom stereocenters. The lowest BCUT2D eigenvalue weighted by Gasteiger charge is -2.36. The molecule has 3 rings (SSSR count). The SMILES string of the molecule is COc1ccc(CN2CCC(N(C)c3ncc(C)cn3)CC2)cc1. The van der Waals surface area contributed by atoms with Gasteiger partial charge in [0.15, 0.2) is 0 Å². The highest BCUT2D eigenvalue weighted by atomic mass is 16.5. The molecule has 0 saturated carbocycles. The van der Waals surface area contributed by atoms with E-state index in [2.05, 4.69) is 38.9 Å². The Hall–Kier alpha value is -2.14. The summed E-state index contributed by atoms with van der Waals surface area (Å²) in [5, 5.41) is 0. The van der Waals surface area contributed by atoms with Crippen molar-refractivity contribution >= 4 is 5.95 Å². The summed E-state index contributed by atoms with van der Waals surface area (Å²) in [7, 11) is 3.81. The van der Waals surface area contributed by atoms with Crippen LogP contribution in [-0.2, 0) is 6.54 Å². The van der Waals surface area contributed by atoms with Crippen LogP contribution in [0, 0.1) is 6.92 Å². The van der Waals surface area contributed by atoms with E-state index < -0.39 is 0 Å².